The molecule has 0 aliphatic rings. The quantitative estimate of drug-likeness (QED) is 0.541. The van der Waals surface area contributed by atoms with E-state index in [2.05, 4.69) is 42.4 Å². The summed E-state index contributed by atoms with van der Waals surface area (Å²) in [5, 5.41) is 2.63. The van der Waals surface area contributed by atoms with Crippen LogP contribution in [0.4, 0.5) is 5.69 Å². The van der Waals surface area contributed by atoms with Crippen molar-refractivity contribution in [2.24, 2.45) is 4.36 Å². The van der Waals surface area contributed by atoms with Crippen LogP contribution in [0.2, 0.25) is 0 Å². The van der Waals surface area contributed by atoms with Crippen LogP contribution in [-0.2, 0) is 14.5 Å². The van der Waals surface area contributed by atoms with Crippen molar-refractivity contribution >= 4 is 43.2 Å². The predicted molar refractivity (Wildman–Crippen MR) is 124 cm³/mol. The van der Waals surface area contributed by atoms with Crippen LogP contribution in [0.25, 0.3) is 0 Å². The lowest BCUT2D eigenvalue weighted by atomic mass is 10.2. The number of rotatable bonds is 3. The van der Waals surface area contributed by atoms with Crippen molar-refractivity contribution in [2.45, 2.75) is 11.8 Å². The topological polar surface area (TPSA) is 88.5 Å². The van der Waals surface area contributed by atoms with Gasteiger partial charge in [-0.3, -0.25) is 14.6 Å². The number of anilines is 1. The van der Waals surface area contributed by atoms with Gasteiger partial charge in [-0.25, -0.2) is 4.21 Å². The van der Waals surface area contributed by atoms with Gasteiger partial charge in [0.25, 0.3) is 5.91 Å². The van der Waals surface area contributed by atoms with Gasteiger partial charge in [-0.05, 0) is 48.5 Å². The monoisotopic (exact) mass is 495 g/mol. The van der Waals surface area contributed by atoms with E-state index >= 15 is 0 Å². The third-order valence-electron chi connectivity index (χ3n) is 4.03. The van der Waals surface area contributed by atoms with E-state index < -0.39 is 15.6 Å². The zero-order valence-corrected chi connectivity index (χ0v) is 19.2. The number of carbonyl (C=O) groups excluding carboxylic acids is 2. The molecule has 0 fully saturated rings. The lowest BCUT2D eigenvalue weighted by Gasteiger charge is -2.06. The van der Waals surface area contributed by atoms with Crippen LogP contribution in [0.3, 0.4) is 0 Å². The van der Waals surface area contributed by atoms with Crippen LogP contribution in [0.15, 0.2) is 80.7 Å². The summed E-state index contributed by atoms with van der Waals surface area (Å²) in [5.41, 5.74) is 2.13. The molecule has 0 radical (unpaired) electrons. The van der Waals surface area contributed by atoms with E-state index in [1.165, 1.54) is 19.4 Å². The molecular weight excluding hydrogens is 478 g/mol. The normalized spacial score (nSPS) is 12.1. The first-order valence-electron chi connectivity index (χ1n) is 9.10. The van der Waals surface area contributed by atoms with Gasteiger partial charge in [-0.2, -0.15) is 4.36 Å². The molecule has 0 saturated carbocycles. The predicted octanol–water partition coefficient (Wildman–Crippen LogP) is 4.50. The standard InChI is InChI=1S/C23H18BrN3O3S/c1-16(28)26-21-8-10-22(11-9-21)31(2,30)27-23(29)19-12-18(14-25-15-19)7-6-17-4-3-5-20(24)13-17/h3-5,8-15H,1-2H3,(H,26,28). The average Bonchev–Trinajstić information content (AvgIpc) is 2.72. The van der Waals surface area contributed by atoms with Gasteiger partial charge in [0.05, 0.1) is 15.3 Å². The molecule has 8 heteroatoms. The summed E-state index contributed by atoms with van der Waals surface area (Å²) in [5.74, 6) is 5.13. The second kappa shape index (κ2) is 9.69. The third kappa shape index (κ3) is 6.35. The maximum absolute atomic E-state index is 13.0. The molecule has 2 aromatic carbocycles. The first-order chi connectivity index (χ1) is 14.7. The lowest BCUT2D eigenvalue weighted by Crippen LogP contribution is -2.07. The molecule has 1 atom stereocenters. The van der Waals surface area contributed by atoms with E-state index in [1.807, 2.05) is 24.3 Å². The number of nitrogens with one attached hydrogen (secondary N) is 1. The minimum absolute atomic E-state index is 0.200. The summed E-state index contributed by atoms with van der Waals surface area (Å²) in [4.78, 5) is 28.2. The van der Waals surface area contributed by atoms with Crippen molar-refractivity contribution in [1.29, 1.82) is 0 Å². The third-order valence-corrected chi connectivity index (χ3v) is 6.18. The van der Waals surface area contributed by atoms with Crippen molar-refractivity contribution in [3.05, 3.63) is 88.2 Å². The maximum Gasteiger partial charge on any atom is 0.286 e. The van der Waals surface area contributed by atoms with E-state index in [0.29, 0.717) is 16.1 Å². The molecule has 1 aromatic heterocycles. The average molecular weight is 496 g/mol. The first kappa shape index (κ1) is 22.4. The molecule has 156 valence electrons. The summed E-state index contributed by atoms with van der Waals surface area (Å²) < 4.78 is 17.8. The highest BCUT2D eigenvalue weighted by Crippen LogP contribution is 2.17. The fourth-order valence-corrected chi connectivity index (χ4v) is 4.16. The molecule has 0 bridgehead atoms. The van der Waals surface area contributed by atoms with Gasteiger partial charge in [0, 0.05) is 51.8 Å². The van der Waals surface area contributed by atoms with Crippen LogP contribution >= 0.6 is 15.9 Å². The van der Waals surface area contributed by atoms with Crippen LogP contribution < -0.4 is 5.32 Å². The number of aromatic nitrogens is 1. The van der Waals surface area contributed by atoms with Crippen molar-refractivity contribution in [1.82, 2.24) is 4.98 Å². The highest BCUT2D eigenvalue weighted by molar-refractivity contribution is 9.10. The number of halogens is 1. The molecule has 31 heavy (non-hydrogen) atoms. The second-order valence-electron chi connectivity index (χ2n) is 6.63. The minimum atomic E-state index is -2.98. The van der Waals surface area contributed by atoms with Crippen LogP contribution in [0.1, 0.15) is 28.4 Å². The van der Waals surface area contributed by atoms with E-state index in [4.69, 9.17) is 0 Å². The van der Waals surface area contributed by atoms with Gasteiger partial charge >= 0.3 is 0 Å². The van der Waals surface area contributed by atoms with E-state index in [-0.39, 0.29) is 11.5 Å². The van der Waals surface area contributed by atoms with Gasteiger partial charge in [0.15, 0.2) is 0 Å². The highest BCUT2D eigenvalue weighted by atomic mass is 79.9. The lowest BCUT2D eigenvalue weighted by molar-refractivity contribution is -0.114. The second-order valence-corrected chi connectivity index (χ2v) is 9.80. The summed E-state index contributed by atoms with van der Waals surface area (Å²) in [6.45, 7) is 1.40. The molecule has 1 unspecified atom stereocenters. The van der Waals surface area contributed by atoms with Gasteiger partial charge < -0.3 is 5.32 Å². The summed E-state index contributed by atoms with van der Waals surface area (Å²) in [6, 6.07) is 15.5. The molecule has 3 aromatic rings. The van der Waals surface area contributed by atoms with Crippen LogP contribution in [0.5, 0.6) is 0 Å². The fourth-order valence-electron chi connectivity index (χ4n) is 2.59. The molecule has 6 nitrogen and oxygen atoms in total. The van der Waals surface area contributed by atoms with Gasteiger partial charge in [-0.15, -0.1) is 0 Å². The van der Waals surface area contributed by atoms with Gasteiger partial charge in [-0.1, -0.05) is 33.8 Å². The Bertz CT molecular complexity index is 1330. The highest BCUT2D eigenvalue weighted by Gasteiger charge is 2.12. The number of benzene rings is 2. The Balaban J connectivity index is 1.84. The SMILES string of the molecule is CC(=O)Nc1ccc(S(C)(=O)=NC(=O)c2cncc(C#Cc3cccc(Br)c3)c2)cc1. The number of carbonyl (C=O) groups is 2. The molecule has 0 aliphatic carbocycles. The molecule has 3 rings (SSSR count). The number of amides is 2. The Hall–Kier alpha value is -3.28. The molecule has 1 heterocycles. The Morgan fingerprint density at radius 1 is 1.03 bits per heavy atom. The number of hydrogen-bond acceptors (Lipinski definition) is 4. The molecule has 0 saturated heterocycles. The van der Waals surface area contributed by atoms with Crippen LogP contribution in [0, 0.1) is 11.8 Å². The Morgan fingerprint density at radius 3 is 2.42 bits per heavy atom. The van der Waals surface area contributed by atoms with Crippen molar-refractivity contribution in [3.63, 3.8) is 0 Å². The number of hydrogen-bond donors (Lipinski definition) is 1. The van der Waals surface area contributed by atoms with Gasteiger partial charge in [0.2, 0.25) is 5.91 Å². The van der Waals surface area contributed by atoms with Gasteiger partial charge in [0.1, 0.15) is 0 Å². The first-order valence-corrected chi connectivity index (χ1v) is 11.8. The van der Waals surface area contributed by atoms with Crippen molar-refractivity contribution in [2.75, 3.05) is 11.6 Å². The Morgan fingerprint density at radius 2 is 1.74 bits per heavy atom. The van der Waals surface area contributed by atoms with Crippen molar-refractivity contribution in [3.8, 4) is 11.8 Å². The largest absolute Gasteiger partial charge is 0.326 e. The minimum Gasteiger partial charge on any atom is -0.326 e. The van der Waals surface area contributed by atoms with E-state index in [1.54, 1.807) is 36.5 Å². The molecule has 2 amide bonds. The fraction of sp³-hybridized carbons (Fsp3) is 0.0870. The number of nitrogens with zero attached hydrogens (tertiary/aromatic N) is 2. The smallest absolute Gasteiger partial charge is 0.286 e. The Kier molecular flexibility index (Phi) is 7.00. The Labute approximate surface area is 189 Å². The molecular formula is C23H18BrN3O3S. The zero-order valence-electron chi connectivity index (χ0n) is 16.8. The van der Waals surface area contributed by atoms with Crippen molar-refractivity contribution < 1.29 is 13.8 Å². The van der Waals surface area contributed by atoms with Crippen LogP contribution in [-0.4, -0.2) is 27.3 Å². The molecule has 1 N–H and O–H groups in total. The maximum atomic E-state index is 13.0. The summed E-state index contributed by atoms with van der Waals surface area (Å²) in [7, 11) is -2.98. The van der Waals surface area contributed by atoms with E-state index in [0.717, 1.165) is 10.0 Å². The summed E-state index contributed by atoms with van der Waals surface area (Å²) >= 11 is 3.40. The number of pyridine rings is 1. The van der Waals surface area contributed by atoms with E-state index in [9.17, 15) is 13.8 Å². The molecule has 0 aliphatic heterocycles. The summed E-state index contributed by atoms with van der Waals surface area (Å²) in [6.07, 6.45) is 4.31. The zero-order chi connectivity index (χ0) is 22.4. The molecule has 0 spiro atoms.